The van der Waals surface area contributed by atoms with Crippen LogP contribution in [0.5, 0.6) is 11.5 Å². The third-order valence-electron chi connectivity index (χ3n) is 3.22. The summed E-state index contributed by atoms with van der Waals surface area (Å²) in [5.41, 5.74) is 1.35. The van der Waals surface area contributed by atoms with Gasteiger partial charge in [0, 0.05) is 17.2 Å². The molecule has 6 nitrogen and oxygen atoms in total. The van der Waals surface area contributed by atoms with E-state index in [0.29, 0.717) is 47.5 Å². The lowest BCUT2D eigenvalue weighted by Crippen LogP contribution is -2.17. The van der Waals surface area contributed by atoms with Crippen LogP contribution in [0, 0.1) is 0 Å². The molecule has 0 unspecified atom stereocenters. The second kappa shape index (κ2) is 5.29. The summed E-state index contributed by atoms with van der Waals surface area (Å²) in [5.74, 6) is 0.288. The van der Waals surface area contributed by atoms with Crippen molar-refractivity contribution in [3.63, 3.8) is 0 Å². The first-order valence-corrected chi connectivity index (χ1v) is 6.81. The maximum absolute atomic E-state index is 10.9. The molecule has 2 aromatic rings. The van der Waals surface area contributed by atoms with E-state index in [-0.39, 0.29) is 5.69 Å². The highest BCUT2D eigenvalue weighted by Crippen LogP contribution is 2.45. The van der Waals surface area contributed by atoms with E-state index in [1.807, 2.05) is 6.92 Å². The maximum atomic E-state index is 10.9. The number of fused-ring (bicyclic) bond motifs is 1. The van der Waals surface area contributed by atoms with Crippen LogP contribution in [-0.2, 0) is 6.42 Å². The first-order chi connectivity index (χ1) is 10.1. The Labute approximate surface area is 125 Å². The number of carbonyl (C=O) groups is 1. The number of rotatable bonds is 3. The van der Waals surface area contributed by atoms with E-state index >= 15 is 0 Å². The predicted molar refractivity (Wildman–Crippen MR) is 74.3 cm³/mol. The van der Waals surface area contributed by atoms with E-state index in [2.05, 4.69) is 5.16 Å². The Morgan fingerprint density at radius 2 is 2.05 bits per heavy atom. The van der Waals surface area contributed by atoms with Gasteiger partial charge in [-0.15, -0.1) is 0 Å². The molecule has 0 fully saturated rings. The lowest BCUT2D eigenvalue weighted by atomic mass is 10.0. The second-order valence-corrected chi connectivity index (χ2v) is 4.88. The molecule has 0 radical (unpaired) electrons. The minimum Gasteiger partial charge on any atom is -0.486 e. The summed E-state index contributed by atoms with van der Waals surface area (Å²) < 4.78 is 16.3. The highest BCUT2D eigenvalue weighted by molar-refractivity contribution is 6.32. The van der Waals surface area contributed by atoms with E-state index in [0.717, 1.165) is 5.56 Å². The van der Waals surface area contributed by atoms with Crippen molar-refractivity contribution in [2.24, 2.45) is 0 Å². The van der Waals surface area contributed by atoms with Gasteiger partial charge in [-0.1, -0.05) is 23.7 Å². The van der Waals surface area contributed by atoms with Crippen LogP contribution < -0.4 is 9.47 Å². The van der Waals surface area contributed by atoms with Gasteiger partial charge in [0.25, 0.3) is 0 Å². The quantitative estimate of drug-likeness (QED) is 0.938. The van der Waals surface area contributed by atoms with Crippen LogP contribution in [0.15, 0.2) is 16.7 Å². The molecule has 0 saturated carbocycles. The molecule has 0 aliphatic carbocycles. The van der Waals surface area contributed by atoms with Crippen LogP contribution in [0.3, 0.4) is 0 Å². The molecule has 1 aromatic carbocycles. The molecule has 21 heavy (non-hydrogen) atoms. The average molecular weight is 310 g/mol. The number of hydrogen-bond donors (Lipinski definition) is 1. The number of benzene rings is 1. The molecule has 0 amide bonds. The van der Waals surface area contributed by atoms with Crippen LogP contribution in [0.25, 0.3) is 11.3 Å². The number of nitrogens with zero attached hydrogens (tertiary/aromatic N) is 1. The van der Waals surface area contributed by atoms with Crippen LogP contribution in [-0.4, -0.2) is 29.4 Å². The summed E-state index contributed by atoms with van der Waals surface area (Å²) in [6.45, 7) is 2.84. The van der Waals surface area contributed by atoms with Gasteiger partial charge in [-0.2, -0.15) is 0 Å². The molecular formula is C14H12ClNO5. The minimum atomic E-state index is -1.15. The van der Waals surface area contributed by atoms with Gasteiger partial charge < -0.3 is 19.1 Å². The lowest BCUT2D eigenvalue weighted by Gasteiger charge is -2.23. The number of halogens is 1. The van der Waals surface area contributed by atoms with E-state index in [4.69, 9.17) is 30.7 Å². The Balaban J connectivity index is 2.17. The van der Waals surface area contributed by atoms with Crippen molar-refractivity contribution in [2.45, 2.75) is 13.3 Å². The Hall–Kier alpha value is -2.21. The van der Waals surface area contributed by atoms with Gasteiger partial charge >= 0.3 is 5.97 Å². The van der Waals surface area contributed by atoms with Crippen molar-refractivity contribution in [3.05, 3.63) is 28.4 Å². The topological polar surface area (TPSA) is 81.8 Å². The maximum Gasteiger partial charge on any atom is 0.358 e. The molecule has 1 N–H and O–H groups in total. The molecule has 1 aliphatic heterocycles. The first kappa shape index (κ1) is 13.8. The zero-order valence-electron chi connectivity index (χ0n) is 11.2. The molecule has 0 bridgehead atoms. The zero-order chi connectivity index (χ0) is 15.0. The van der Waals surface area contributed by atoms with Gasteiger partial charge in [-0.05, 0) is 12.5 Å². The summed E-state index contributed by atoms with van der Waals surface area (Å²) in [5, 5.41) is 12.8. The van der Waals surface area contributed by atoms with Gasteiger partial charge in [0.05, 0.1) is 5.02 Å². The van der Waals surface area contributed by atoms with Crippen molar-refractivity contribution >= 4 is 17.6 Å². The number of carboxylic acid groups (broad SMARTS) is 1. The van der Waals surface area contributed by atoms with E-state index in [1.165, 1.54) is 6.07 Å². The number of hydrogen-bond acceptors (Lipinski definition) is 5. The molecule has 3 rings (SSSR count). The standard InChI is InChI=1S/C14H12ClNO5/c1-2-7-8(11-6-10(14(17)18)16-21-11)5-9(15)13-12(7)19-3-4-20-13/h5-6H,2-4H2,1H3,(H,17,18). The summed E-state index contributed by atoms with van der Waals surface area (Å²) >= 11 is 6.21. The fourth-order valence-corrected chi connectivity index (χ4v) is 2.55. The van der Waals surface area contributed by atoms with Crippen molar-refractivity contribution in [2.75, 3.05) is 13.2 Å². The Morgan fingerprint density at radius 3 is 2.67 bits per heavy atom. The van der Waals surface area contributed by atoms with Crippen LogP contribution in [0.1, 0.15) is 23.0 Å². The van der Waals surface area contributed by atoms with E-state index in [9.17, 15) is 4.79 Å². The highest BCUT2D eigenvalue weighted by Gasteiger charge is 2.25. The molecule has 1 aromatic heterocycles. The molecule has 1 aliphatic rings. The fraction of sp³-hybridized carbons (Fsp3) is 0.286. The van der Waals surface area contributed by atoms with Crippen LogP contribution in [0.2, 0.25) is 5.02 Å². The smallest absolute Gasteiger partial charge is 0.358 e. The average Bonchev–Trinajstić information content (AvgIpc) is 2.97. The molecule has 0 saturated heterocycles. The van der Waals surface area contributed by atoms with Crippen LogP contribution in [0.4, 0.5) is 0 Å². The van der Waals surface area contributed by atoms with Crippen molar-refractivity contribution in [3.8, 4) is 22.8 Å². The van der Waals surface area contributed by atoms with Crippen molar-refractivity contribution in [1.29, 1.82) is 0 Å². The summed E-state index contributed by atoms with van der Waals surface area (Å²) in [6, 6.07) is 3.04. The third-order valence-corrected chi connectivity index (χ3v) is 3.50. The van der Waals surface area contributed by atoms with Crippen molar-refractivity contribution in [1.82, 2.24) is 5.16 Å². The Bertz CT molecular complexity index is 710. The summed E-state index contributed by atoms with van der Waals surface area (Å²) in [7, 11) is 0. The van der Waals surface area contributed by atoms with Gasteiger partial charge in [0.2, 0.25) is 0 Å². The second-order valence-electron chi connectivity index (χ2n) is 4.47. The predicted octanol–water partition coefficient (Wildman–Crippen LogP) is 3.03. The van der Waals surface area contributed by atoms with E-state index < -0.39 is 5.97 Å². The normalized spacial score (nSPS) is 13.2. The summed E-state index contributed by atoms with van der Waals surface area (Å²) in [4.78, 5) is 10.9. The minimum absolute atomic E-state index is 0.155. The number of aromatic nitrogens is 1. The number of carboxylic acids is 1. The van der Waals surface area contributed by atoms with Gasteiger partial charge in [0.1, 0.15) is 13.2 Å². The van der Waals surface area contributed by atoms with E-state index in [1.54, 1.807) is 6.07 Å². The number of ether oxygens (including phenoxy) is 2. The largest absolute Gasteiger partial charge is 0.486 e. The molecule has 110 valence electrons. The molecular weight excluding hydrogens is 298 g/mol. The summed E-state index contributed by atoms with van der Waals surface area (Å²) in [6.07, 6.45) is 0.654. The van der Waals surface area contributed by atoms with Gasteiger partial charge in [-0.3, -0.25) is 0 Å². The molecule has 0 atom stereocenters. The number of aromatic carboxylic acids is 1. The molecule has 7 heteroatoms. The SMILES string of the molecule is CCc1c(-c2cc(C(=O)O)no2)cc(Cl)c2c1OCCO2. The van der Waals surface area contributed by atoms with Crippen molar-refractivity contribution < 1.29 is 23.9 Å². The Kier molecular flexibility index (Phi) is 3.47. The monoisotopic (exact) mass is 309 g/mol. The highest BCUT2D eigenvalue weighted by atomic mass is 35.5. The molecule has 0 spiro atoms. The third kappa shape index (κ3) is 2.31. The fourth-order valence-electron chi connectivity index (χ4n) is 2.30. The van der Waals surface area contributed by atoms with Gasteiger partial charge in [-0.25, -0.2) is 4.79 Å². The van der Waals surface area contributed by atoms with Gasteiger partial charge in [0.15, 0.2) is 23.0 Å². The lowest BCUT2D eigenvalue weighted by molar-refractivity contribution is 0.0686. The zero-order valence-corrected chi connectivity index (χ0v) is 11.9. The molecule has 2 heterocycles. The van der Waals surface area contributed by atoms with Crippen LogP contribution >= 0.6 is 11.6 Å². The Morgan fingerprint density at radius 1 is 1.33 bits per heavy atom. The first-order valence-electron chi connectivity index (χ1n) is 6.43.